The second kappa shape index (κ2) is 9.46. The summed E-state index contributed by atoms with van der Waals surface area (Å²) in [7, 11) is 0. The maximum absolute atomic E-state index is 11.7. The first-order chi connectivity index (χ1) is 8.01. The quantitative estimate of drug-likeness (QED) is 0.653. The van der Waals surface area contributed by atoms with Gasteiger partial charge in [-0.2, -0.15) is 0 Å². The molecular formula is C14H30N2O. The van der Waals surface area contributed by atoms with Crippen LogP contribution in [0.25, 0.3) is 0 Å². The summed E-state index contributed by atoms with van der Waals surface area (Å²) in [4.78, 5) is 11.7. The van der Waals surface area contributed by atoms with E-state index in [1.165, 1.54) is 0 Å². The van der Waals surface area contributed by atoms with Crippen molar-refractivity contribution in [2.45, 2.75) is 53.4 Å². The van der Waals surface area contributed by atoms with Crippen molar-refractivity contribution < 1.29 is 4.79 Å². The fourth-order valence-corrected chi connectivity index (χ4v) is 1.72. The number of nitrogens with one attached hydrogen (secondary N) is 1. The Bertz CT molecular complexity index is 204. The molecule has 0 heterocycles. The normalized spacial score (nSPS) is 14.7. The van der Waals surface area contributed by atoms with Crippen molar-refractivity contribution in [1.82, 2.24) is 5.32 Å². The first-order valence-corrected chi connectivity index (χ1v) is 6.97. The molecule has 17 heavy (non-hydrogen) atoms. The van der Waals surface area contributed by atoms with Gasteiger partial charge >= 0.3 is 0 Å². The van der Waals surface area contributed by atoms with Gasteiger partial charge in [-0.25, -0.2) is 0 Å². The van der Waals surface area contributed by atoms with Gasteiger partial charge in [-0.15, -0.1) is 0 Å². The Morgan fingerprint density at radius 1 is 1.24 bits per heavy atom. The van der Waals surface area contributed by atoms with Crippen molar-refractivity contribution in [2.75, 3.05) is 13.1 Å². The largest absolute Gasteiger partial charge is 0.356 e. The van der Waals surface area contributed by atoms with Crippen LogP contribution in [0.15, 0.2) is 0 Å². The summed E-state index contributed by atoms with van der Waals surface area (Å²) in [6.07, 6.45) is 3.76. The molecule has 0 aliphatic carbocycles. The van der Waals surface area contributed by atoms with Gasteiger partial charge in [-0.1, -0.05) is 34.1 Å². The third-order valence-corrected chi connectivity index (χ3v) is 3.69. The summed E-state index contributed by atoms with van der Waals surface area (Å²) in [6.45, 7) is 10.2. The minimum absolute atomic E-state index is 0.188. The predicted molar refractivity (Wildman–Crippen MR) is 73.7 cm³/mol. The van der Waals surface area contributed by atoms with E-state index in [9.17, 15) is 4.79 Å². The molecular weight excluding hydrogens is 212 g/mol. The lowest BCUT2D eigenvalue weighted by Gasteiger charge is -2.17. The highest BCUT2D eigenvalue weighted by atomic mass is 16.1. The van der Waals surface area contributed by atoms with E-state index in [1.807, 2.05) is 0 Å². The van der Waals surface area contributed by atoms with Crippen LogP contribution in [0.1, 0.15) is 53.4 Å². The molecule has 0 aromatic heterocycles. The number of rotatable bonds is 9. The zero-order valence-corrected chi connectivity index (χ0v) is 12.0. The van der Waals surface area contributed by atoms with E-state index in [1.54, 1.807) is 0 Å². The Morgan fingerprint density at radius 3 is 2.35 bits per heavy atom. The molecule has 0 saturated carbocycles. The topological polar surface area (TPSA) is 55.1 Å². The van der Waals surface area contributed by atoms with Crippen molar-refractivity contribution in [1.29, 1.82) is 0 Å². The predicted octanol–water partition coefficient (Wildman–Crippen LogP) is 2.55. The van der Waals surface area contributed by atoms with Crippen LogP contribution in [-0.4, -0.2) is 19.0 Å². The van der Waals surface area contributed by atoms with Gasteiger partial charge in [-0.05, 0) is 37.1 Å². The molecule has 2 unspecified atom stereocenters. The number of carbonyl (C=O) groups excluding carboxylic acids is 1. The van der Waals surface area contributed by atoms with Gasteiger partial charge in [0.25, 0.3) is 0 Å². The van der Waals surface area contributed by atoms with Crippen LogP contribution in [-0.2, 0) is 4.79 Å². The molecule has 0 fully saturated rings. The van der Waals surface area contributed by atoms with Crippen LogP contribution in [0.4, 0.5) is 0 Å². The van der Waals surface area contributed by atoms with E-state index >= 15 is 0 Å². The molecule has 1 amide bonds. The summed E-state index contributed by atoms with van der Waals surface area (Å²) in [5.74, 6) is 1.96. The summed E-state index contributed by atoms with van der Waals surface area (Å²) < 4.78 is 0. The number of nitrogens with two attached hydrogens (primary N) is 1. The maximum Gasteiger partial charge on any atom is 0.220 e. The Labute approximate surface area is 107 Å². The molecule has 0 rings (SSSR count). The molecule has 0 aromatic rings. The van der Waals surface area contributed by atoms with Crippen molar-refractivity contribution in [3.8, 4) is 0 Å². The molecule has 3 N–H and O–H groups in total. The molecule has 0 aromatic carbocycles. The number of hydrogen-bond acceptors (Lipinski definition) is 2. The first-order valence-electron chi connectivity index (χ1n) is 6.97. The van der Waals surface area contributed by atoms with Crippen molar-refractivity contribution >= 4 is 5.91 Å². The van der Waals surface area contributed by atoms with Gasteiger partial charge in [0.15, 0.2) is 0 Å². The highest BCUT2D eigenvalue weighted by molar-refractivity contribution is 5.75. The molecule has 0 aliphatic rings. The van der Waals surface area contributed by atoms with Crippen molar-refractivity contribution in [3.05, 3.63) is 0 Å². The third-order valence-electron chi connectivity index (χ3n) is 3.69. The standard InChI is InChI=1S/C14H30N2O/c1-5-13(8-9-15)6-7-14(17)16-10-12(4)11(2)3/h11-13H,5-10,15H2,1-4H3,(H,16,17). The second-order valence-electron chi connectivity index (χ2n) is 5.42. The van der Waals surface area contributed by atoms with E-state index in [2.05, 4.69) is 33.0 Å². The van der Waals surface area contributed by atoms with Crippen molar-refractivity contribution in [3.63, 3.8) is 0 Å². The Kier molecular flexibility index (Phi) is 9.14. The van der Waals surface area contributed by atoms with Crippen LogP contribution in [0.2, 0.25) is 0 Å². The first kappa shape index (κ1) is 16.4. The molecule has 102 valence electrons. The summed E-state index contributed by atoms with van der Waals surface area (Å²) in [5, 5.41) is 3.02. The SMILES string of the molecule is CCC(CCN)CCC(=O)NCC(C)C(C)C. The molecule has 0 aliphatic heterocycles. The lowest BCUT2D eigenvalue weighted by Crippen LogP contribution is -2.30. The fourth-order valence-electron chi connectivity index (χ4n) is 1.72. The zero-order valence-electron chi connectivity index (χ0n) is 12.0. The zero-order chi connectivity index (χ0) is 13.3. The van der Waals surface area contributed by atoms with Gasteiger partial charge < -0.3 is 11.1 Å². The van der Waals surface area contributed by atoms with E-state index in [0.29, 0.717) is 24.2 Å². The number of carbonyl (C=O) groups is 1. The van der Waals surface area contributed by atoms with E-state index < -0.39 is 0 Å². The van der Waals surface area contributed by atoms with Gasteiger partial charge in [-0.3, -0.25) is 4.79 Å². The Hall–Kier alpha value is -0.570. The highest BCUT2D eigenvalue weighted by Gasteiger charge is 2.11. The van der Waals surface area contributed by atoms with Crippen LogP contribution >= 0.6 is 0 Å². The molecule has 0 saturated heterocycles. The minimum Gasteiger partial charge on any atom is -0.356 e. The second-order valence-corrected chi connectivity index (χ2v) is 5.42. The van der Waals surface area contributed by atoms with Crippen LogP contribution in [0.5, 0.6) is 0 Å². The molecule has 0 bridgehead atoms. The average Bonchev–Trinajstić information content (AvgIpc) is 2.31. The third kappa shape index (κ3) is 8.19. The summed E-state index contributed by atoms with van der Waals surface area (Å²) in [6, 6.07) is 0. The molecule has 3 nitrogen and oxygen atoms in total. The van der Waals surface area contributed by atoms with Gasteiger partial charge in [0.1, 0.15) is 0 Å². The lowest BCUT2D eigenvalue weighted by molar-refractivity contribution is -0.121. The monoisotopic (exact) mass is 242 g/mol. The van der Waals surface area contributed by atoms with Crippen LogP contribution < -0.4 is 11.1 Å². The summed E-state index contributed by atoms with van der Waals surface area (Å²) in [5.41, 5.74) is 5.54. The van der Waals surface area contributed by atoms with Crippen LogP contribution in [0, 0.1) is 17.8 Å². The summed E-state index contributed by atoms with van der Waals surface area (Å²) >= 11 is 0. The van der Waals surface area contributed by atoms with Crippen molar-refractivity contribution in [2.24, 2.45) is 23.5 Å². The average molecular weight is 242 g/mol. The lowest BCUT2D eigenvalue weighted by atomic mass is 9.96. The number of amides is 1. The van der Waals surface area contributed by atoms with E-state index in [4.69, 9.17) is 5.73 Å². The molecule has 0 radical (unpaired) electrons. The fraction of sp³-hybridized carbons (Fsp3) is 0.929. The molecule has 0 spiro atoms. The van der Waals surface area contributed by atoms with Crippen LogP contribution in [0.3, 0.4) is 0 Å². The van der Waals surface area contributed by atoms with E-state index in [-0.39, 0.29) is 5.91 Å². The Balaban J connectivity index is 3.71. The number of hydrogen-bond donors (Lipinski definition) is 2. The maximum atomic E-state index is 11.7. The minimum atomic E-state index is 0.188. The van der Waals surface area contributed by atoms with Gasteiger partial charge in [0.2, 0.25) is 5.91 Å². The van der Waals surface area contributed by atoms with Gasteiger partial charge in [0, 0.05) is 13.0 Å². The molecule has 2 atom stereocenters. The smallest absolute Gasteiger partial charge is 0.220 e. The van der Waals surface area contributed by atoms with Gasteiger partial charge in [0.05, 0.1) is 0 Å². The Morgan fingerprint density at radius 2 is 1.88 bits per heavy atom. The molecule has 3 heteroatoms. The van der Waals surface area contributed by atoms with E-state index in [0.717, 1.165) is 32.4 Å². The highest BCUT2D eigenvalue weighted by Crippen LogP contribution is 2.14.